The Kier molecular flexibility index (Phi) is 12.3. The molecule has 1 aromatic heterocycles. The Balaban J connectivity index is 2.28. The molecular weight excluding hydrogens is 514 g/mol. The molecule has 1 aromatic carbocycles. The maximum atomic E-state index is 13.5. The normalized spacial score (nSPS) is 15.3. The van der Waals surface area contributed by atoms with E-state index in [0.29, 0.717) is 12.2 Å². The van der Waals surface area contributed by atoms with Crippen molar-refractivity contribution in [3.05, 3.63) is 36.0 Å². The first-order valence-corrected chi connectivity index (χ1v) is 14.2. The van der Waals surface area contributed by atoms with E-state index in [1.807, 2.05) is 37.4 Å². The first kappa shape index (κ1) is 30.5. The van der Waals surface area contributed by atoms with Crippen molar-refractivity contribution in [2.45, 2.75) is 57.3 Å². The summed E-state index contributed by atoms with van der Waals surface area (Å²) in [6, 6.07) is 3.58. The van der Waals surface area contributed by atoms with Crippen molar-refractivity contribution >= 4 is 59.0 Å². The number of aliphatic carboxylic acids is 1. The van der Waals surface area contributed by atoms with Crippen LogP contribution in [0.15, 0.2) is 30.5 Å². The van der Waals surface area contributed by atoms with Crippen LogP contribution in [-0.4, -0.2) is 75.7 Å². The molecule has 0 fully saturated rings. The van der Waals surface area contributed by atoms with Crippen LogP contribution in [0.4, 0.5) is 0 Å². The number of nitrogens with one attached hydrogen (secondary N) is 4. The molecular formula is C25H37N5O5S2. The smallest absolute Gasteiger partial charge is 0.326 e. The van der Waals surface area contributed by atoms with Crippen LogP contribution in [0.2, 0.25) is 0 Å². The molecule has 10 nitrogen and oxygen atoms in total. The summed E-state index contributed by atoms with van der Waals surface area (Å²) in [6.45, 7) is 3.67. The summed E-state index contributed by atoms with van der Waals surface area (Å²) in [5.74, 6) is -2.46. The third kappa shape index (κ3) is 8.68. The van der Waals surface area contributed by atoms with Crippen molar-refractivity contribution in [2.24, 2.45) is 11.7 Å². The molecule has 2 aromatic rings. The average Bonchev–Trinajstić information content (AvgIpc) is 3.30. The number of para-hydroxylation sites is 1. The molecule has 0 aliphatic rings. The zero-order chi connectivity index (χ0) is 27.5. The van der Waals surface area contributed by atoms with E-state index in [1.54, 1.807) is 13.1 Å². The maximum Gasteiger partial charge on any atom is 0.326 e. The minimum absolute atomic E-state index is 0.0950. The Bertz CT molecular complexity index is 1080. The fraction of sp³-hybridized carbons (Fsp3) is 0.520. The number of aromatic nitrogens is 1. The number of thiol groups is 1. The molecule has 0 saturated carbocycles. The summed E-state index contributed by atoms with van der Waals surface area (Å²) >= 11 is 5.54. The molecule has 0 bridgehead atoms. The van der Waals surface area contributed by atoms with Crippen LogP contribution in [0.5, 0.6) is 0 Å². The van der Waals surface area contributed by atoms with E-state index in [0.717, 1.165) is 16.5 Å². The van der Waals surface area contributed by atoms with Crippen LogP contribution < -0.4 is 21.7 Å². The fourth-order valence-corrected chi connectivity index (χ4v) is 4.44. The number of carbonyl (C=O) groups is 4. The minimum Gasteiger partial charge on any atom is -0.480 e. The molecule has 1 heterocycles. The molecule has 37 heavy (non-hydrogen) atoms. The van der Waals surface area contributed by atoms with Crippen molar-refractivity contribution in [1.82, 2.24) is 20.9 Å². The predicted molar refractivity (Wildman–Crippen MR) is 150 cm³/mol. The molecule has 7 N–H and O–H groups in total. The number of thioether (sulfide) groups is 1. The number of carbonyl (C=O) groups excluding carboxylic acids is 3. The van der Waals surface area contributed by atoms with Gasteiger partial charge in [0.05, 0.1) is 6.04 Å². The number of aromatic amines is 1. The molecule has 5 atom stereocenters. The van der Waals surface area contributed by atoms with Gasteiger partial charge < -0.3 is 31.8 Å². The summed E-state index contributed by atoms with van der Waals surface area (Å²) in [5, 5.41) is 18.4. The van der Waals surface area contributed by atoms with E-state index >= 15 is 0 Å². The van der Waals surface area contributed by atoms with Crippen molar-refractivity contribution in [3.8, 4) is 0 Å². The monoisotopic (exact) mass is 551 g/mol. The van der Waals surface area contributed by atoms with Crippen molar-refractivity contribution < 1.29 is 24.3 Å². The zero-order valence-electron chi connectivity index (χ0n) is 21.3. The molecule has 0 saturated heterocycles. The van der Waals surface area contributed by atoms with Gasteiger partial charge in [-0.25, -0.2) is 4.79 Å². The van der Waals surface area contributed by atoms with Gasteiger partial charge in [0.1, 0.15) is 18.1 Å². The summed E-state index contributed by atoms with van der Waals surface area (Å²) in [7, 11) is 0. The van der Waals surface area contributed by atoms with Crippen molar-refractivity contribution in [1.29, 1.82) is 0 Å². The third-order valence-corrected chi connectivity index (χ3v) is 7.32. The topological polar surface area (TPSA) is 166 Å². The number of carboxylic acids is 1. The molecule has 2 rings (SSSR count). The van der Waals surface area contributed by atoms with Gasteiger partial charge in [0, 0.05) is 29.3 Å². The average molecular weight is 552 g/mol. The molecule has 0 radical (unpaired) electrons. The van der Waals surface area contributed by atoms with Gasteiger partial charge in [-0.15, -0.1) is 0 Å². The summed E-state index contributed by atoms with van der Waals surface area (Å²) < 4.78 is 0. The molecule has 0 aliphatic carbocycles. The standard InChI is InChI=1S/C25H37N5O5S2/c1-4-14(2)21(24(33)28-19(25(34)35)9-10-37-3)30-23(32)20(29-22(31)17(26)13-36)11-15-12-27-18-8-6-5-7-16(15)18/h5-8,12,14,17,19-21,27,36H,4,9-11,13,26H2,1-3H3,(H,28,33)(H,29,31)(H,30,32)(H,34,35). The minimum atomic E-state index is -1.14. The lowest BCUT2D eigenvalue weighted by atomic mass is 9.96. The Morgan fingerprint density at radius 3 is 2.38 bits per heavy atom. The zero-order valence-corrected chi connectivity index (χ0v) is 23.0. The SMILES string of the molecule is CCC(C)C(NC(=O)C(Cc1c[nH]c2ccccc12)NC(=O)C(N)CS)C(=O)NC(CCSC)C(=O)O. The fourth-order valence-electron chi connectivity index (χ4n) is 3.80. The number of H-pyrrole nitrogens is 1. The van der Waals surface area contributed by atoms with Crippen molar-refractivity contribution in [3.63, 3.8) is 0 Å². The Hall–Kier alpha value is -2.70. The number of benzene rings is 1. The number of nitrogens with two attached hydrogens (primary N) is 1. The highest BCUT2D eigenvalue weighted by atomic mass is 32.2. The van der Waals surface area contributed by atoms with E-state index in [1.165, 1.54) is 11.8 Å². The highest BCUT2D eigenvalue weighted by Gasteiger charge is 2.33. The van der Waals surface area contributed by atoms with Gasteiger partial charge in [0.25, 0.3) is 0 Å². The summed E-state index contributed by atoms with van der Waals surface area (Å²) in [6.07, 6.45) is 4.60. The molecule has 0 aliphatic heterocycles. The highest BCUT2D eigenvalue weighted by Crippen LogP contribution is 2.19. The van der Waals surface area contributed by atoms with E-state index < -0.39 is 47.9 Å². The first-order chi connectivity index (χ1) is 17.6. The number of carboxylic acid groups (broad SMARTS) is 1. The molecule has 3 amide bonds. The van der Waals surface area contributed by atoms with E-state index in [4.69, 9.17) is 5.73 Å². The maximum absolute atomic E-state index is 13.5. The quantitative estimate of drug-likeness (QED) is 0.164. The first-order valence-electron chi connectivity index (χ1n) is 12.2. The van der Waals surface area contributed by atoms with Gasteiger partial charge in [-0.05, 0) is 36.0 Å². The predicted octanol–water partition coefficient (Wildman–Crippen LogP) is 1.31. The number of hydrogen-bond acceptors (Lipinski definition) is 7. The van der Waals surface area contributed by atoms with E-state index in [9.17, 15) is 24.3 Å². The molecule has 204 valence electrons. The van der Waals surface area contributed by atoms with Gasteiger partial charge in [0.15, 0.2) is 0 Å². The van der Waals surface area contributed by atoms with Gasteiger partial charge in [0.2, 0.25) is 17.7 Å². The summed E-state index contributed by atoms with van der Waals surface area (Å²) in [5.41, 5.74) is 7.52. The second-order valence-corrected chi connectivity index (χ2v) is 10.3. The highest BCUT2D eigenvalue weighted by molar-refractivity contribution is 7.98. The molecule has 5 unspecified atom stereocenters. The Labute approximate surface area is 226 Å². The van der Waals surface area contributed by atoms with E-state index in [-0.39, 0.29) is 24.5 Å². The van der Waals surface area contributed by atoms with Crippen LogP contribution in [-0.2, 0) is 25.6 Å². The second kappa shape index (κ2) is 14.9. The largest absolute Gasteiger partial charge is 0.480 e. The van der Waals surface area contributed by atoms with Crippen LogP contribution in [0.1, 0.15) is 32.3 Å². The Morgan fingerprint density at radius 1 is 1.08 bits per heavy atom. The number of amides is 3. The number of fused-ring (bicyclic) bond motifs is 1. The van der Waals surface area contributed by atoms with Gasteiger partial charge >= 0.3 is 5.97 Å². The van der Waals surface area contributed by atoms with Crippen LogP contribution in [0.3, 0.4) is 0 Å². The van der Waals surface area contributed by atoms with Crippen molar-refractivity contribution in [2.75, 3.05) is 17.8 Å². The molecule has 12 heteroatoms. The van der Waals surface area contributed by atoms with Crippen LogP contribution in [0, 0.1) is 5.92 Å². The second-order valence-electron chi connectivity index (χ2n) is 8.97. The third-order valence-electron chi connectivity index (χ3n) is 6.28. The van der Waals surface area contributed by atoms with E-state index in [2.05, 4.69) is 33.6 Å². The van der Waals surface area contributed by atoms with Gasteiger partial charge in [-0.3, -0.25) is 14.4 Å². The van der Waals surface area contributed by atoms with Crippen LogP contribution in [0.25, 0.3) is 10.9 Å². The number of rotatable bonds is 15. The Morgan fingerprint density at radius 2 is 1.76 bits per heavy atom. The lowest BCUT2D eigenvalue weighted by molar-refractivity contribution is -0.142. The molecule has 0 spiro atoms. The number of hydrogen-bond donors (Lipinski definition) is 7. The summed E-state index contributed by atoms with van der Waals surface area (Å²) in [4.78, 5) is 54.0. The lowest BCUT2D eigenvalue weighted by Gasteiger charge is -2.28. The lowest BCUT2D eigenvalue weighted by Crippen LogP contribution is -2.59. The van der Waals surface area contributed by atoms with Gasteiger partial charge in [-0.1, -0.05) is 38.5 Å². The van der Waals surface area contributed by atoms with Crippen LogP contribution >= 0.6 is 24.4 Å². The van der Waals surface area contributed by atoms with Gasteiger partial charge in [-0.2, -0.15) is 24.4 Å².